The Hall–Kier alpha value is -1.81. The molecule has 108 valence electrons. The number of aryl methyl sites for hydroxylation is 1. The van der Waals surface area contributed by atoms with Gasteiger partial charge in [0.1, 0.15) is 0 Å². The van der Waals surface area contributed by atoms with Crippen LogP contribution in [0.5, 0.6) is 0 Å². The van der Waals surface area contributed by atoms with Gasteiger partial charge in [-0.3, -0.25) is 4.79 Å². The lowest BCUT2D eigenvalue weighted by Gasteiger charge is -2.14. The van der Waals surface area contributed by atoms with E-state index in [1.165, 1.54) is 11.1 Å². The fraction of sp³-hybridized carbons (Fsp3) is 0.235. The molecule has 2 aromatic rings. The van der Waals surface area contributed by atoms with Gasteiger partial charge in [-0.25, -0.2) is 0 Å². The van der Waals surface area contributed by atoms with Crippen LogP contribution in [0.15, 0.2) is 46.9 Å². The number of carbonyl (C=O) groups is 1. The molecule has 0 radical (unpaired) electrons. The van der Waals surface area contributed by atoms with E-state index in [0.717, 1.165) is 28.6 Å². The number of nitrogen functional groups attached to an aromatic ring is 1. The second-order valence-electron chi connectivity index (χ2n) is 5.42. The number of rotatable bonds is 3. The van der Waals surface area contributed by atoms with Crippen molar-refractivity contribution >= 4 is 27.5 Å². The second kappa shape index (κ2) is 5.90. The van der Waals surface area contributed by atoms with Gasteiger partial charge in [-0.05, 0) is 53.8 Å². The van der Waals surface area contributed by atoms with E-state index < -0.39 is 0 Å². The van der Waals surface area contributed by atoms with Gasteiger partial charge in [-0.15, -0.1) is 0 Å². The zero-order chi connectivity index (χ0) is 14.8. The molecule has 1 atom stereocenters. The highest BCUT2D eigenvalue weighted by Crippen LogP contribution is 2.32. The summed E-state index contributed by atoms with van der Waals surface area (Å²) in [5, 5.41) is 3.13. The van der Waals surface area contributed by atoms with E-state index in [0.29, 0.717) is 6.42 Å². The molecule has 0 aliphatic heterocycles. The Morgan fingerprint density at radius 3 is 2.76 bits per heavy atom. The van der Waals surface area contributed by atoms with E-state index >= 15 is 0 Å². The largest absolute Gasteiger partial charge is 0.399 e. The highest BCUT2D eigenvalue weighted by atomic mass is 79.9. The maximum Gasteiger partial charge on any atom is 0.224 e. The molecule has 21 heavy (non-hydrogen) atoms. The molecular weight excluding hydrogens is 328 g/mol. The van der Waals surface area contributed by atoms with Crippen molar-refractivity contribution in [2.75, 3.05) is 5.73 Å². The van der Waals surface area contributed by atoms with Gasteiger partial charge in [0, 0.05) is 10.2 Å². The molecule has 0 spiro atoms. The first-order valence-corrected chi connectivity index (χ1v) is 7.83. The molecule has 3 rings (SSSR count). The Balaban J connectivity index is 1.65. The first kappa shape index (κ1) is 14.1. The van der Waals surface area contributed by atoms with Crippen LogP contribution in [0.3, 0.4) is 0 Å². The summed E-state index contributed by atoms with van der Waals surface area (Å²) in [6.45, 7) is 0. The molecule has 2 aromatic carbocycles. The topological polar surface area (TPSA) is 55.1 Å². The van der Waals surface area contributed by atoms with Gasteiger partial charge >= 0.3 is 0 Å². The normalized spacial score (nSPS) is 16.5. The standard InChI is InChI=1S/C17H17BrN2O/c18-13-4-1-11(2-5-13)9-17(21)20-16-8-3-12-10-14(19)6-7-15(12)16/h1-2,4-7,10,16H,3,8-9,19H2,(H,20,21). The van der Waals surface area contributed by atoms with Crippen LogP contribution >= 0.6 is 15.9 Å². The zero-order valence-corrected chi connectivity index (χ0v) is 13.2. The molecule has 0 bridgehead atoms. The van der Waals surface area contributed by atoms with Gasteiger partial charge in [-0.2, -0.15) is 0 Å². The Labute approximate surface area is 132 Å². The molecule has 0 aromatic heterocycles. The number of halogens is 1. The highest BCUT2D eigenvalue weighted by molar-refractivity contribution is 9.10. The van der Waals surface area contributed by atoms with Crippen LogP contribution in [0, 0.1) is 0 Å². The number of hydrogen-bond donors (Lipinski definition) is 2. The predicted molar refractivity (Wildman–Crippen MR) is 87.9 cm³/mol. The fourth-order valence-corrected chi connectivity index (χ4v) is 3.08. The summed E-state index contributed by atoms with van der Waals surface area (Å²) in [5.74, 6) is 0.0620. The lowest BCUT2D eigenvalue weighted by molar-refractivity contribution is -0.121. The number of anilines is 1. The molecule has 0 heterocycles. The number of nitrogens with two attached hydrogens (primary N) is 1. The van der Waals surface area contributed by atoms with Crippen LogP contribution in [0.25, 0.3) is 0 Å². The molecule has 3 N–H and O–H groups in total. The third kappa shape index (κ3) is 3.27. The minimum absolute atomic E-state index is 0.0620. The Morgan fingerprint density at radius 2 is 2.00 bits per heavy atom. The quantitative estimate of drug-likeness (QED) is 0.838. The van der Waals surface area contributed by atoms with Crippen molar-refractivity contribution in [1.82, 2.24) is 5.32 Å². The summed E-state index contributed by atoms with van der Waals surface area (Å²) in [4.78, 5) is 12.2. The average molecular weight is 345 g/mol. The number of nitrogens with one attached hydrogen (secondary N) is 1. The Kier molecular flexibility index (Phi) is 3.97. The van der Waals surface area contributed by atoms with Crippen LogP contribution in [0.1, 0.15) is 29.2 Å². The molecule has 1 amide bonds. The first-order valence-electron chi connectivity index (χ1n) is 7.04. The van der Waals surface area contributed by atoms with Gasteiger partial charge in [0.15, 0.2) is 0 Å². The molecule has 3 nitrogen and oxygen atoms in total. The van der Waals surface area contributed by atoms with Gasteiger partial charge in [0.2, 0.25) is 5.91 Å². The smallest absolute Gasteiger partial charge is 0.224 e. The van der Waals surface area contributed by atoms with Crippen molar-refractivity contribution in [3.05, 3.63) is 63.6 Å². The number of benzene rings is 2. The SMILES string of the molecule is Nc1ccc2c(c1)CCC2NC(=O)Cc1ccc(Br)cc1. The predicted octanol–water partition coefficient (Wildman–Crippen LogP) is 3.38. The monoisotopic (exact) mass is 344 g/mol. The Morgan fingerprint density at radius 1 is 1.24 bits per heavy atom. The summed E-state index contributed by atoms with van der Waals surface area (Å²) < 4.78 is 1.02. The van der Waals surface area contributed by atoms with Gasteiger partial charge in [0.25, 0.3) is 0 Å². The van der Waals surface area contributed by atoms with Crippen LogP contribution in [0.4, 0.5) is 5.69 Å². The summed E-state index contributed by atoms with van der Waals surface area (Å²) in [7, 11) is 0. The van der Waals surface area contributed by atoms with Crippen molar-refractivity contribution in [1.29, 1.82) is 0 Å². The molecule has 1 aliphatic carbocycles. The van der Waals surface area contributed by atoms with E-state index in [1.54, 1.807) is 0 Å². The Bertz CT molecular complexity index is 667. The van der Waals surface area contributed by atoms with Crippen LogP contribution in [-0.4, -0.2) is 5.91 Å². The number of hydrogen-bond acceptors (Lipinski definition) is 2. The molecule has 4 heteroatoms. The summed E-state index contributed by atoms with van der Waals surface area (Å²) >= 11 is 3.40. The van der Waals surface area contributed by atoms with E-state index in [9.17, 15) is 4.79 Å². The molecule has 0 fully saturated rings. The number of fused-ring (bicyclic) bond motifs is 1. The van der Waals surface area contributed by atoms with Gasteiger partial charge < -0.3 is 11.1 Å². The van der Waals surface area contributed by atoms with Crippen molar-refractivity contribution in [2.45, 2.75) is 25.3 Å². The molecule has 1 aliphatic rings. The fourth-order valence-electron chi connectivity index (χ4n) is 2.82. The summed E-state index contributed by atoms with van der Waals surface area (Å²) in [6.07, 6.45) is 2.34. The first-order chi connectivity index (χ1) is 10.1. The van der Waals surface area contributed by atoms with Crippen molar-refractivity contribution in [2.24, 2.45) is 0 Å². The molecule has 0 saturated carbocycles. The van der Waals surface area contributed by atoms with Crippen molar-refractivity contribution in [3.8, 4) is 0 Å². The molecular formula is C17H17BrN2O. The van der Waals surface area contributed by atoms with Crippen molar-refractivity contribution < 1.29 is 4.79 Å². The molecule has 0 saturated heterocycles. The van der Waals surface area contributed by atoms with E-state index in [4.69, 9.17) is 5.73 Å². The minimum Gasteiger partial charge on any atom is -0.399 e. The summed E-state index contributed by atoms with van der Waals surface area (Å²) in [5.41, 5.74) is 10.1. The average Bonchev–Trinajstić information content (AvgIpc) is 2.83. The van der Waals surface area contributed by atoms with E-state index in [1.807, 2.05) is 42.5 Å². The minimum atomic E-state index is 0.0620. The van der Waals surface area contributed by atoms with E-state index in [2.05, 4.69) is 21.2 Å². The molecule has 1 unspecified atom stereocenters. The van der Waals surface area contributed by atoms with Crippen LogP contribution in [-0.2, 0) is 17.6 Å². The van der Waals surface area contributed by atoms with Crippen LogP contribution in [0.2, 0.25) is 0 Å². The van der Waals surface area contributed by atoms with Gasteiger partial charge in [0.05, 0.1) is 12.5 Å². The third-order valence-corrected chi connectivity index (χ3v) is 4.39. The highest BCUT2D eigenvalue weighted by Gasteiger charge is 2.23. The zero-order valence-electron chi connectivity index (χ0n) is 11.6. The lowest BCUT2D eigenvalue weighted by Crippen LogP contribution is -2.28. The second-order valence-corrected chi connectivity index (χ2v) is 6.34. The van der Waals surface area contributed by atoms with Gasteiger partial charge in [-0.1, -0.05) is 34.1 Å². The maximum atomic E-state index is 12.2. The summed E-state index contributed by atoms with van der Waals surface area (Å²) in [6, 6.07) is 13.9. The van der Waals surface area contributed by atoms with E-state index in [-0.39, 0.29) is 11.9 Å². The number of carbonyl (C=O) groups excluding carboxylic acids is 1. The van der Waals surface area contributed by atoms with Crippen LogP contribution < -0.4 is 11.1 Å². The number of amides is 1. The van der Waals surface area contributed by atoms with Crippen molar-refractivity contribution in [3.63, 3.8) is 0 Å². The third-order valence-electron chi connectivity index (χ3n) is 3.86. The maximum absolute atomic E-state index is 12.2. The lowest BCUT2D eigenvalue weighted by atomic mass is 10.1.